The third kappa shape index (κ3) is 2.42. The summed E-state index contributed by atoms with van der Waals surface area (Å²) in [5.74, 6) is -2.75. The monoisotopic (exact) mass is 315 g/mol. The number of carboxylic acid groups (broad SMARTS) is 1. The Morgan fingerprint density at radius 1 is 1.39 bits per heavy atom. The molecule has 4 rings (SSSR count). The van der Waals surface area contributed by atoms with E-state index in [2.05, 4.69) is 15.2 Å². The van der Waals surface area contributed by atoms with Crippen molar-refractivity contribution in [3.63, 3.8) is 0 Å². The van der Waals surface area contributed by atoms with Gasteiger partial charge in [-0.1, -0.05) is 0 Å². The van der Waals surface area contributed by atoms with Crippen LogP contribution in [0.15, 0.2) is 23.2 Å². The van der Waals surface area contributed by atoms with Gasteiger partial charge >= 0.3 is 5.97 Å². The molecule has 1 aromatic rings. The maximum Gasteiger partial charge on any atom is 0.319 e. The first kappa shape index (κ1) is 14.3. The average Bonchev–Trinajstić information content (AvgIpc) is 2.98. The van der Waals surface area contributed by atoms with Crippen LogP contribution >= 0.6 is 0 Å². The Balaban J connectivity index is 1.59. The summed E-state index contributed by atoms with van der Waals surface area (Å²) in [5.41, 5.74) is 1.88. The van der Waals surface area contributed by atoms with Crippen LogP contribution in [-0.2, 0) is 9.53 Å². The Bertz CT molecular complexity index is 689. The highest BCUT2D eigenvalue weighted by Gasteiger charge is 2.36. The SMILES string of the molecule is O=C(O)C1C=Nc2cc(N3C[C@@H]4NCCO[C@@H]4C3)ccc2C1=O. The van der Waals surface area contributed by atoms with Gasteiger partial charge in [0.2, 0.25) is 0 Å². The van der Waals surface area contributed by atoms with Gasteiger partial charge in [-0.3, -0.25) is 14.6 Å². The summed E-state index contributed by atoms with van der Waals surface area (Å²) in [7, 11) is 0. The molecule has 1 aromatic carbocycles. The van der Waals surface area contributed by atoms with E-state index in [4.69, 9.17) is 9.84 Å². The second-order valence-electron chi connectivity index (χ2n) is 6.03. The normalized spacial score (nSPS) is 29.3. The number of ketones is 1. The number of fused-ring (bicyclic) bond motifs is 2. The molecule has 0 radical (unpaired) electrons. The zero-order chi connectivity index (χ0) is 16.0. The Morgan fingerprint density at radius 2 is 2.26 bits per heavy atom. The number of anilines is 1. The highest BCUT2D eigenvalue weighted by molar-refractivity contribution is 6.22. The van der Waals surface area contributed by atoms with Crippen molar-refractivity contribution < 1.29 is 19.4 Å². The minimum absolute atomic E-state index is 0.182. The molecular weight excluding hydrogens is 298 g/mol. The predicted octanol–water partition coefficient (Wildman–Crippen LogP) is 0.463. The van der Waals surface area contributed by atoms with Gasteiger partial charge in [0.15, 0.2) is 11.7 Å². The first-order chi connectivity index (χ1) is 11.1. The quantitative estimate of drug-likeness (QED) is 0.771. The van der Waals surface area contributed by atoms with Crippen LogP contribution in [-0.4, -0.2) is 61.5 Å². The van der Waals surface area contributed by atoms with Crippen LogP contribution in [0, 0.1) is 5.92 Å². The third-order valence-corrected chi connectivity index (χ3v) is 4.63. The van der Waals surface area contributed by atoms with Crippen LogP contribution in [0.4, 0.5) is 11.4 Å². The molecule has 0 bridgehead atoms. The van der Waals surface area contributed by atoms with E-state index in [1.54, 1.807) is 6.07 Å². The number of Topliss-reactive ketones (excluding diaryl/α,β-unsaturated/α-hetero) is 1. The van der Waals surface area contributed by atoms with Crippen LogP contribution in [0.25, 0.3) is 0 Å². The predicted molar refractivity (Wildman–Crippen MR) is 83.8 cm³/mol. The summed E-state index contributed by atoms with van der Waals surface area (Å²) in [4.78, 5) is 29.6. The molecular formula is C16H17N3O4. The number of hydrogen-bond acceptors (Lipinski definition) is 6. The number of ether oxygens (including phenoxy) is 1. The number of benzene rings is 1. The fourth-order valence-electron chi connectivity index (χ4n) is 3.40. The molecule has 0 saturated carbocycles. The van der Waals surface area contributed by atoms with E-state index < -0.39 is 17.7 Å². The highest BCUT2D eigenvalue weighted by Crippen LogP contribution is 2.32. The molecule has 7 heteroatoms. The summed E-state index contributed by atoms with van der Waals surface area (Å²) in [5, 5.41) is 12.5. The summed E-state index contributed by atoms with van der Waals surface area (Å²) < 4.78 is 5.77. The molecule has 3 aliphatic rings. The van der Waals surface area contributed by atoms with E-state index in [1.165, 1.54) is 6.21 Å². The van der Waals surface area contributed by atoms with Crippen molar-refractivity contribution in [2.75, 3.05) is 31.1 Å². The van der Waals surface area contributed by atoms with E-state index in [1.807, 2.05) is 12.1 Å². The van der Waals surface area contributed by atoms with E-state index in [-0.39, 0.29) is 6.10 Å². The second-order valence-corrected chi connectivity index (χ2v) is 6.03. The van der Waals surface area contributed by atoms with Crippen molar-refractivity contribution >= 4 is 29.3 Å². The van der Waals surface area contributed by atoms with Gasteiger partial charge in [-0.05, 0) is 18.2 Å². The van der Waals surface area contributed by atoms with E-state index >= 15 is 0 Å². The zero-order valence-electron chi connectivity index (χ0n) is 12.4. The number of morpholine rings is 1. The Kier molecular flexibility index (Phi) is 3.39. The molecule has 0 aliphatic carbocycles. The lowest BCUT2D eigenvalue weighted by Crippen LogP contribution is -2.47. The summed E-state index contributed by atoms with van der Waals surface area (Å²) >= 11 is 0. The molecule has 23 heavy (non-hydrogen) atoms. The van der Waals surface area contributed by atoms with E-state index in [0.717, 1.165) is 31.9 Å². The number of nitrogens with zero attached hydrogens (tertiary/aromatic N) is 2. The minimum Gasteiger partial charge on any atom is -0.480 e. The van der Waals surface area contributed by atoms with Gasteiger partial charge in [0.25, 0.3) is 0 Å². The molecule has 3 aliphatic heterocycles. The second kappa shape index (κ2) is 5.43. The fourth-order valence-corrected chi connectivity index (χ4v) is 3.40. The van der Waals surface area contributed by atoms with Crippen molar-refractivity contribution in [3.8, 4) is 0 Å². The van der Waals surface area contributed by atoms with Gasteiger partial charge in [0.1, 0.15) is 0 Å². The molecule has 2 saturated heterocycles. The van der Waals surface area contributed by atoms with Crippen LogP contribution in [0.1, 0.15) is 10.4 Å². The van der Waals surface area contributed by atoms with Crippen molar-refractivity contribution in [1.82, 2.24) is 5.32 Å². The number of carbonyl (C=O) groups excluding carboxylic acids is 1. The average molecular weight is 315 g/mol. The number of hydrogen-bond donors (Lipinski definition) is 2. The topological polar surface area (TPSA) is 91.2 Å². The number of aliphatic carboxylic acids is 1. The lowest BCUT2D eigenvalue weighted by molar-refractivity contribution is -0.137. The van der Waals surface area contributed by atoms with E-state index in [0.29, 0.717) is 17.3 Å². The van der Waals surface area contributed by atoms with Crippen molar-refractivity contribution in [2.45, 2.75) is 12.1 Å². The molecule has 3 atom stereocenters. The van der Waals surface area contributed by atoms with Crippen molar-refractivity contribution in [2.24, 2.45) is 10.9 Å². The Morgan fingerprint density at radius 3 is 3.04 bits per heavy atom. The zero-order valence-corrected chi connectivity index (χ0v) is 12.4. The maximum absolute atomic E-state index is 12.2. The number of carboxylic acids is 1. The third-order valence-electron chi connectivity index (χ3n) is 4.63. The molecule has 7 nitrogen and oxygen atoms in total. The van der Waals surface area contributed by atoms with Gasteiger partial charge in [-0.15, -0.1) is 0 Å². The minimum atomic E-state index is -1.18. The van der Waals surface area contributed by atoms with Crippen LogP contribution in [0.5, 0.6) is 0 Å². The van der Waals surface area contributed by atoms with Gasteiger partial charge < -0.3 is 20.1 Å². The maximum atomic E-state index is 12.2. The lowest BCUT2D eigenvalue weighted by atomic mass is 9.94. The first-order valence-electron chi connectivity index (χ1n) is 7.68. The first-order valence-corrected chi connectivity index (χ1v) is 7.68. The molecule has 0 aromatic heterocycles. The van der Waals surface area contributed by atoms with Crippen LogP contribution in [0.3, 0.4) is 0 Å². The molecule has 1 unspecified atom stereocenters. The Labute approximate surface area is 132 Å². The molecule has 2 N–H and O–H groups in total. The highest BCUT2D eigenvalue weighted by atomic mass is 16.5. The number of aliphatic imine (C=N–C) groups is 1. The summed E-state index contributed by atoms with van der Waals surface area (Å²) in [6, 6.07) is 5.70. The van der Waals surface area contributed by atoms with Gasteiger partial charge in [0.05, 0.1) is 24.4 Å². The standard InChI is InChI=1S/C16H17N3O4/c20-15-10-2-1-9(5-12(10)18-6-11(15)16(21)22)19-7-13-14(8-19)23-4-3-17-13/h1-2,5-6,11,13-14,17H,3-4,7-8H2,(H,21,22)/t11?,13-,14+/m0/s1. The van der Waals surface area contributed by atoms with Gasteiger partial charge in [-0.2, -0.15) is 0 Å². The van der Waals surface area contributed by atoms with Crippen LogP contribution < -0.4 is 10.2 Å². The van der Waals surface area contributed by atoms with Crippen molar-refractivity contribution in [3.05, 3.63) is 23.8 Å². The molecule has 3 heterocycles. The fraction of sp³-hybridized carbons (Fsp3) is 0.438. The summed E-state index contributed by atoms with van der Waals surface area (Å²) in [6.45, 7) is 3.24. The lowest BCUT2D eigenvalue weighted by Gasteiger charge is -2.25. The van der Waals surface area contributed by atoms with Crippen molar-refractivity contribution in [1.29, 1.82) is 0 Å². The van der Waals surface area contributed by atoms with Gasteiger partial charge in [-0.25, -0.2) is 0 Å². The molecule has 0 spiro atoms. The van der Waals surface area contributed by atoms with Crippen LogP contribution in [0.2, 0.25) is 0 Å². The summed E-state index contributed by atoms with van der Waals surface area (Å²) in [6.07, 6.45) is 1.40. The largest absolute Gasteiger partial charge is 0.480 e. The molecule has 2 fully saturated rings. The smallest absolute Gasteiger partial charge is 0.319 e. The van der Waals surface area contributed by atoms with E-state index in [9.17, 15) is 9.59 Å². The number of carbonyl (C=O) groups is 2. The number of rotatable bonds is 2. The number of nitrogens with one attached hydrogen (secondary N) is 1. The van der Waals surface area contributed by atoms with Gasteiger partial charge in [0, 0.05) is 37.1 Å². The molecule has 0 amide bonds. The Hall–Kier alpha value is -2.25. The molecule has 120 valence electrons.